The minimum absolute atomic E-state index is 0.0298. The van der Waals surface area contributed by atoms with Crippen molar-refractivity contribution in [3.63, 3.8) is 0 Å². The van der Waals surface area contributed by atoms with Gasteiger partial charge >= 0.3 is 5.97 Å². The molecule has 35 heavy (non-hydrogen) atoms. The van der Waals surface area contributed by atoms with Crippen LogP contribution in [0.15, 0.2) is 36.5 Å². The molecule has 0 bridgehead atoms. The zero-order valence-corrected chi connectivity index (χ0v) is 19.0. The summed E-state index contributed by atoms with van der Waals surface area (Å²) in [5, 5.41) is 18.5. The average molecular weight is 481 g/mol. The molecule has 2 saturated heterocycles. The minimum atomic E-state index is -0.948. The number of ether oxygens (including phenoxy) is 2. The Morgan fingerprint density at radius 3 is 2.60 bits per heavy atom. The Balaban J connectivity index is 1.62. The van der Waals surface area contributed by atoms with Gasteiger partial charge in [-0.25, -0.2) is 13.6 Å². The fraction of sp³-hybridized carbons (Fsp3) is 0.385. The number of aromatic amines is 1. The lowest BCUT2D eigenvalue weighted by molar-refractivity contribution is -0.153. The number of halogens is 2. The fourth-order valence-electron chi connectivity index (χ4n) is 5.65. The van der Waals surface area contributed by atoms with Gasteiger partial charge in [-0.3, -0.25) is 5.10 Å². The summed E-state index contributed by atoms with van der Waals surface area (Å²) in [5.74, 6) is -2.63. The lowest BCUT2D eigenvalue weighted by Gasteiger charge is -2.31. The van der Waals surface area contributed by atoms with E-state index in [1.54, 1.807) is 12.3 Å². The van der Waals surface area contributed by atoms with E-state index in [2.05, 4.69) is 16.3 Å². The van der Waals surface area contributed by atoms with Crippen molar-refractivity contribution in [2.75, 3.05) is 19.8 Å². The molecular weight excluding hydrogens is 456 g/mol. The number of carboxylic acids is 1. The number of H-pyrrole nitrogens is 1. The summed E-state index contributed by atoms with van der Waals surface area (Å²) in [4.78, 5) is 11.5. The molecule has 0 aliphatic carbocycles. The van der Waals surface area contributed by atoms with E-state index in [9.17, 15) is 18.7 Å². The third-order valence-corrected chi connectivity index (χ3v) is 7.33. The number of hydrogen-bond acceptors (Lipinski definition) is 4. The van der Waals surface area contributed by atoms with Gasteiger partial charge in [-0.15, -0.1) is 0 Å². The molecule has 0 spiro atoms. The zero-order valence-electron chi connectivity index (χ0n) is 19.0. The molecule has 2 fully saturated rings. The molecule has 0 unspecified atom stereocenters. The molecule has 4 aromatic rings. The predicted octanol–water partition coefficient (Wildman–Crippen LogP) is 5.03. The Kier molecular flexibility index (Phi) is 5.53. The molecule has 6 rings (SSSR count). The van der Waals surface area contributed by atoms with Crippen LogP contribution >= 0.6 is 0 Å². The Labute approximate surface area is 199 Å². The van der Waals surface area contributed by atoms with Gasteiger partial charge in [0, 0.05) is 53.3 Å². The van der Waals surface area contributed by atoms with Crippen molar-refractivity contribution >= 4 is 27.8 Å². The summed E-state index contributed by atoms with van der Waals surface area (Å²) < 4.78 is 41.7. The molecule has 0 amide bonds. The summed E-state index contributed by atoms with van der Waals surface area (Å²) in [7, 11) is 0. The van der Waals surface area contributed by atoms with Crippen LogP contribution in [-0.4, -0.2) is 51.8 Å². The monoisotopic (exact) mass is 481 g/mol. The molecule has 7 nitrogen and oxygen atoms in total. The smallest absolute Gasteiger partial charge is 0.332 e. The first-order valence-corrected chi connectivity index (χ1v) is 11.9. The molecule has 2 aromatic heterocycles. The molecule has 2 aliphatic rings. The maximum absolute atomic E-state index is 14.4. The molecule has 0 saturated carbocycles. The number of carbonyl (C=O) groups is 1. The quantitative estimate of drug-likeness (QED) is 0.427. The van der Waals surface area contributed by atoms with Crippen LogP contribution in [0.2, 0.25) is 0 Å². The van der Waals surface area contributed by atoms with Crippen LogP contribution in [0.1, 0.15) is 48.8 Å². The van der Waals surface area contributed by atoms with E-state index >= 15 is 0 Å². The number of aromatic nitrogens is 3. The number of benzene rings is 2. The molecular formula is C26H25F2N3O4. The molecule has 4 heterocycles. The number of aliphatic carboxylic acids is 1. The number of rotatable bonds is 4. The lowest BCUT2D eigenvalue weighted by atomic mass is 9.84. The van der Waals surface area contributed by atoms with E-state index in [1.165, 1.54) is 6.07 Å². The summed E-state index contributed by atoms with van der Waals surface area (Å²) in [6.45, 7) is 1.53. The Bertz CT molecular complexity index is 1420. The Morgan fingerprint density at radius 1 is 1.06 bits per heavy atom. The second-order valence-electron chi connectivity index (χ2n) is 9.38. The third kappa shape index (κ3) is 3.79. The lowest BCUT2D eigenvalue weighted by Crippen LogP contribution is -2.31. The van der Waals surface area contributed by atoms with Crippen molar-refractivity contribution in [3.8, 4) is 5.69 Å². The van der Waals surface area contributed by atoms with Gasteiger partial charge in [-0.1, -0.05) is 0 Å². The molecule has 2 N–H and O–H groups in total. The first kappa shape index (κ1) is 22.2. The average Bonchev–Trinajstić information content (AvgIpc) is 3.46. The van der Waals surface area contributed by atoms with Gasteiger partial charge < -0.3 is 19.1 Å². The first-order chi connectivity index (χ1) is 17.0. The molecule has 2 aromatic carbocycles. The van der Waals surface area contributed by atoms with Crippen molar-refractivity contribution in [1.29, 1.82) is 0 Å². The van der Waals surface area contributed by atoms with Crippen molar-refractivity contribution in [1.82, 2.24) is 14.8 Å². The number of nitrogens with one attached hydrogen (secondary N) is 1. The second-order valence-corrected chi connectivity index (χ2v) is 9.38. The van der Waals surface area contributed by atoms with Gasteiger partial charge in [-0.2, -0.15) is 5.10 Å². The van der Waals surface area contributed by atoms with Crippen LogP contribution < -0.4 is 0 Å². The molecule has 9 heteroatoms. The van der Waals surface area contributed by atoms with Gasteiger partial charge in [0.25, 0.3) is 0 Å². The van der Waals surface area contributed by atoms with Crippen LogP contribution in [0.25, 0.3) is 27.5 Å². The standard InChI is InChI=1S/C26H25F2N3O4/c27-19-3-2-17(10-20(19)28)31-22-9-16-12-29-30-21(16)11-18(22)24(25(31)14-5-7-34-8-6-14)15-1-4-23(26(32)33)35-13-15/h2-3,9-12,14-15,23H,1,4-8,13H2,(H,29,30)(H,32,33)/t15-,23+/m1/s1. The van der Waals surface area contributed by atoms with Gasteiger partial charge in [0.05, 0.1) is 23.8 Å². The number of nitrogens with zero attached hydrogens (tertiary/aromatic N) is 2. The largest absolute Gasteiger partial charge is 0.479 e. The van der Waals surface area contributed by atoms with E-state index < -0.39 is 23.7 Å². The van der Waals surface area contributed by atoms with Gasteiger partial charge in [0.15, 0.2) is 17.7 Å². The topological polar surface area (TPSA) is 89.4 Å². The predicted molar refractivity (Wildman–Crippen MR) is 125 cm³/mol. The Morgan fingerprint density at radius 2 is 1.89 bits per heavy atom. The number of carboxylic acid groups (broad SMARTS) is 1. The summed E-state index contributed by atoms with van der Waals surface area (Å²) >= 11 is 0. The summed E-state index contributed by atoms with van der Waals surface area (Å²) in [6, 6.07) is 8.06. The van der Waals surface area contributed by atoms with Gasteiger partial charge in [0.1, 0.15) is 0 Å². The van der Waals surface area contributed by atoms with Crippen molar-refractivity contribution in [2.24, 2.45) is 0 Å². The van der Waals surface area contributed by atoms with E-state index in [4.69, 9.17) is 9.47 Å². The normalized spacial score (nSPS) is 21.7. The highest BCUT2D eigenvalue weighted by Gasteiger charge is 2.35. The third-order valence-electron chi connectivity index (χ3n) is 7.33. The van der Waals surface area contributed by atoms with Crippen molar-refractivity contribution in [3.05, 3.63) is 59.4 Å². The molecule has 0 radical (unpaired) electrons. The maximum atomic E-state index is 14.4. The van der Waals surface area contributed by atoms with E-state index in [0.717, 1.165) is 52.0 Å². The first-order valence-electron chi connectivity index (χ1n) is 11.9. The van der Waals surface area contributed by atoms with E-state index in [0.29, 0.717) is 31.7 Å². The highest BCUT2D eigenvalue weighted by atomic mass is 19.2. The van der Waals surface area contributed by atoms with Crippen molar-refractivity contribution in [2.45, 2.75) is 43.6 Å². The SMILES string of the molecule is O=C(O)[C@@H]1CC[C@@H](c2c(C3CCOCC3)n(-c3ccc(F)c(F)c3)c3cc4cn[nH]c4cc23)CO1. The fourth-order valence-corrected chi connectivity index (χ4v) is 5.65. The zero-order chi connectivity index (χ0) is 24.1. The van der Waals surface area contributed by atoms with Gasteiger partial charge in [-0.05, 0) is 55.5 Å². The Hall–Kier alpha value is -3.30. The maximum Gasteiger partial charge on any atom is 0.332 e. The van der Waals surface area contributed by atoms with Crippen molar-refractivity contribution < 1.29 is 28.2 Å². The number of fused-ring (bicyclic) bond motifs is 2. The van der Waals surface area contributed by atoms with Gasteiger partial charge in [0.2, 0.25) is 0 Å². The van der Waals surface area contributed by atoms with Crippen LogP contribution in [0.4, 0.5) is 8.78 Å². The van der Waals surface area contributed by atoms with E-state index in [-0.39, 0.29) is 18.4 Å². The number of hydrogen-bond donors (Lipinski definition) is 2. The highest BCUT2D eigenvalue weighted by molar-refractivity contribution is 5.99. The van der Waals surface area contributed by atoms with Crippen LogP contribution in [0, 0.1) is 11.6 Å². The van der Waals surface area contributed by atoms with Crippen LogP contribution in [0.3, 0.4) is 0 Å². The molecule has 2 aliphatic heterocycles. The second kappa shape index (κ2) is 8.73. The molecule has 2 atom stereocenters. The van der Waals surface area contributed by atoms with Crippen LogP contribution in [0.5, 0.6) is 0 Å². The van der Waals surface area contributed by atoms with E-state index in [1.807, 2.05) is 10.6 Å². The highest BCUT2D eigenvalue weighted by Crippen LogP contribution is 2.45. The minimum Gasteiger partial charge on any atom is -0.479 e. The van der Waals surface area contributed by atoms with Crippen LogP contribution in [-0.2, 0) is 14.3 Å². The summed E-state index contributed by atoms with van der Waals surface area (Å²) in [6.07, 6.45) is 3.61. The summed E-state index contributed by atoms with van der Waals surface area (Å²) in [5.41, 5.74) is 4.42. The molecule has 182 valence electrons.